The number of nitrogens with one attached hydrogen (secondary N) is 2. The van der Waals surface area contributed by atoms with Crippen LogP contribution in [-0.2, 0) is 10.0 Å². The molecule has 2 heterocycles. The van der Waals surface area contributed by atoms with Crippen LogP contribution in [0, 0.1) is 6.92 Å². The number of amides is 1. The molecule has 2 N–H and O–H groups in total. The summed E-state index contributed by atoms with van der Waals surface area (Å²) in [6.07, 6.45) is 1.02. The van der Waals surface area contributed by atoms with Gasteiger partial charge in [0.2, 0.25) is 10.0 Å². The van der Waals surface area contributed by atoms with Crippen molar-refractivity contribution in [2.45, 2.75) is 30.3 Å². The number of carbonyl (C=O) groups is 1. The largest absolute Gasteiger partial charge is 0.362 e. The van der Waals surface area contributed by atoms with Gasteiger partial charge >= 0.3 is 0 Å². The molecule has 2 aromatic rings. The molecule has 0 saturated carbocycles. The van der Waals surface area contributed by atoms with E-state index in [1.54, 1.807) is 30.3 Å². The van der Waals surface area contributed by atoms with Crippen molar-refractivity contribution in [2.75, 3.05) is 18.4 Å². The van der Waals surface area contributed by atoms with Gasteiger partial charge in [-0.25, -0.2) is 8.42 Å². The third-order valence-corrected chi connectivity index (χ3v) is 7.05. The minimum absolute atomic E-state index is 0.116. The molecule has 136 valence electrons. The summed E-state index contributed by atoms with van der Waals surface area (Å²) in [7, 11) is -3.52. The minimum atomic E-state index is -3.52. The first-order valence-corrected chi connectivity index (χ1v) is 10.1. The predicted molar refractivity (Wildman–Crippen MR) is 99.4 cm³/mol. The van der Waals surface area contributed by atoms with E-state index in [1.165, 1.54) is 4.31 Å². The Kier molecular flexibility index (Phi) is 4.00. The van der Waals surface area contributed by atoms with Crippen molar-refractivity contribution in [1.29, 1.82) is 0 Å². The third kappa shape index (κ3) is 2.87. The van der Waals surface area contributed by atoms with Crippen molar-refractivity contribution >= 4 is 21.6 Å². The van der Waals surface area contributed by atoms with Crippen LogP contribution >= 0.6 is 0 Å². The Hall–Kier alpha value is -2.38. The second kappa shape index (κ2) is 6.10. The van der Waals surface area contributed by atoms with Gasteiger partial charge in [-0.05, 0) is 31.2 Å². The lowest BCUT2D eigenvalue weighted by Gasteiger charge is -2.45. The van der Waals surface area contributed by atoms with E-state index in [4.69, 9.17) is 0 Å². The molecule has 1 fully saturated rings. The van der Waals surface area contributed by atoms with Crippen LogP contribution < -0.4 is 10.6 Å². The number of benzene rings is 2. The number of hydrogen-bond acceptors (Lipinski definition) is 4. The zero-order valence-electron chi connectivity index (χ0n) is 14.5. The van der Waals surface area contributed by atoms with Gasteiger partial charge in [0.15, 0.2) is 0 Å². The van der Waals surface area contributed by atoms with Gasteiger partial charge in [0, 0.05) is 31.6 Å². The van der Waals surface area contributed by atoms with Crippen LogP contribution in [0.2, 0.25) is 0 Å². The van der Waals surface area contributed by atoms with Crippen molar-refractivity contribution in [3.8, 4) is 0 Å². The summed E-state index contributed by atoms with van der Waals surface area (Å²) in [6.45, 7) is 2.63. The Balaban J connectivity index is 1.53. The van der Waals surface area contributed by atoms with Crippen LogP contribution in [0.5, 0.6) is 0 Å². The van der Waals surface area contributed by atoms with Crippen molar-refractivity contribution in [3.63, 3.8) is 0 Å². The molecule has 0 radical (unpaired) electrons. The monoisotopic (exact) mass is 371 g/mol. The van der Waals surface area contributed by atoms with Crippen molar-refractivity contribution in [2.24, 2.45) is 0 Å². The van der Waals surface area contributed by atoms with E-state index >= 15 is 0 Å². The zero-order chi connectivity index (χ0) is 18.4. The predicted octanol–water partition coefficient (Wildman–Crippen LogP) is 2.33. The zero-order valence-corrected chi connectivity index (χ0v) is 15.3. The number of rotatable bonds is 2. The molecule has 0 bridgehead atoms. The highest BCUT2D eigenvalue weighted by Crippen LogP contribution is 2.32. The maximum Gasteiger partial charge on any atom is 0.255 e. The van der Waals surface area contributed by atoms with E-state index in [-0.39, 0.29) is 5.91 Å². The first-order valence-electron chi connectivity index (χ1n) is 8.66. The van der Waals surface area contributed by atoms with Crippen LogP contribution in [0.1, 0.15) is 28.8 Å². The topological polar surface area (TPSA) is 78.5 Å². The summed E-state index contributed by atoms with van der Waals surface area (Å²) in [5.74, 6) is -0.116. The van der Waals surface area contributed by atoms with Crippen LogP contribution in [0.3, 0.4) is 0 Å². The highest BCUT2D eigenvalue weighted by Gasteiger charge is 2.42. The molecule has 1 spiro atoms. The number of carbonyl (C=O) groups excluding carboxylic acids is 1. The number of aryl methyl sites for hydroxylation is 1. The minimum Gasteiger partial charge on any atom is -0.362 e. The summed E-state index contributed by atoms with van der Waals surface area (Å²) in [4.78, 5) is 12.7. The molecule has 1 amide bonds. The Labute approximate surface area is 153 Å². The molecule has 26 heavy (non-hydrogen) atoms. The second-order valence-electron chi connectivity index (χ2n) is 6.92. The number of anilines is 1. The summed E-state index contributed by atoms with van der Waals surface area (Å²) in [6, 6.07) is 14.3. The molecule has 2 aliphatic rings. The number of hydrogen-bond donors (Lipinski definition) is 2. The van der Waals surface area contributed by atoms with Gasteiger partial charge in [-0.3, -0.25) is 4.79 Å². The molecule has 0 unspecified atom stereocenters. The normalized spacial score (nSPS) is 19.5. The number of nitrogens with zero attached hydrogens (tertiary/aromatic N) is 1. The van der Waals surface area contributed by atoms with E-state index in [0.717, 1.165) is 11.3 Å². The van der Waals surface area contributed by atoms with E-state index in [2.05, 4.69) is 10.6 Å². The molecule has 4 rings (SSSR count). The molecule has 7 heteroatoms. The van der Waals surface area contributed by atoms with Crippen LogP contribution in [0.25, 0.3) is 0 Å². The summed E-state index contributed by atoms with van der Waals surface area (Å²) >= 11 is 0. The van der Waals surface area contributed by atoms with E-state index in [9.17, 15) is 13.2 Å². The molecule has 0 aliphatic carbocycles. The standard InChI is InChI=1S/C19H21N3O3S/c1-14-6-8-15(9-7-14)26(24,25)22-12-10-19(11-13-22)20-17-5-3-2-4-16(17)18(23)21-19/h2-9,20H,10-13H2,1H3,(H,21,23). The summed E-state index contributed by atoms with van der Waals surface area (Å²) < 4.78 is 27.2. The fraction of sp³-hybridized carbons (Fsp3) is 0.316. The Morgan fingerprint density at radius 1 is 0.962 bits per heavy atom. The number of piperidine rings is 1. The Morgan fingerprint density at radius 3 is 2.31 bits per heavy atom. The highest BCUT2D eigenvalue weighted by atomic mass is 32.2. The van der Waals surface area contributed by atoms with E-state index in [0.29, 0.717) is 36.4 Å². The molecule has 0 atom stereocenters. The van der Waals surface area contributed by atoms with E-state index < -0.39 is 15.7 Å². The van der Waals surface area contributed by atoms with Crippen LogP contribution in [-0.4, -0.2) is 37.4 Å². The lowest BCUT2D eigenvalue weighted by Crippen LogP contribution is -2.62. The summed E-state index contributed by atoms with van der Waals surface area (Å²) in [5.41, 5.74) is 1.85. The maximum absolute atomic E-state index is 12.9. The van der Waals surface area contributed by atoms with Gasteiger partial charge in [-0.2, -0.15) is 4.31 Å². The lowest BCUT2D eigenvalue weighted by atomic mass is 9.93. The van der Waals surface area contributed by atoms with Gasteiger partial charge in [0.05, 0.1) is 10.5 Å². The first-order chi connectivity index (χ1) is 12.4. The van der Waals surface area contributed by atoms with Crippen LogP contribution in [0.4, 0.5) is 5.69 Å². The SMILES string of the molecule is Cc1ccc(S(=O)(=O)N2CCC3(CC2)NC(=O)c2ccccc2N3)cc1. The molecule has 1 saturated heterocycles. The number of fused-ring (bicyclic) bond motifs is 1. The average molecular weight is 371 g/mol. The first kappa shape index (κ1) is 17.1. The summed E-state index contributed by atoms with van der Waals surface area (Å²) in [5, 5.41) is 6.44. The molecule has 2 aliphatic heterocycles. The van der Waals surface area contributed by atoms with Gasteiger partial charge in [-0.15, -0.1) is 0 Å². The van der Waals surface area contributed by atoms with Crippen molar-refractivity contribution < 1.29 is 13.2 Å². The molecule has 6 nitrogen and oxygen atoms in total. The fourth-order valence-electron chi connectivity index (χ4n) is 3.58. The number of para-hydroxylation sites is 1. The van der Waals surface area contributed by atoms with Gasteiger partial charge < -0.3 is 10.6 Å². The van der Waals surface area contributed by atoms with Gasteiger partial charge in [0.1, 0.15) is 5.66 Å². The molecule has 0 aromatic heterocycles. The van der Waals surface area contributed by atoms with Crippen molar-refractivity contribution in [1.82, 2.24) is 9.62 Å². The van der Waals surface area contributed by atoms with Crippen LogP contribution in [0.15, 0.2) is 53.4 Å². The molecular weight excluding hydrogens is 350 g/mol. The highest BCUT2D eigenvalue weighted by molar-refractivity contribution is 7.89. The molecule has 2 aromatic carbocycles. The quantitative estimate of drug-likeness (QED) is 0.849. The van der Waals surface area contributed by atoms with Crippen molar-refractivity contribution in [3.05, 3.63) is 59.7 Å². The fourth-order valence-corrected chi connectivity index (χ4v) is 5.02. The number of sulfonamides is 1. The second-order valence-corrected chi connectivity index (χ2v) is 8.86. The Morgan fingerprint density at radius 2 is 1.62 bits per heavy atom. The third-order valence-electron chi connectivity index (χ3n) is 5.13. The Bertz CT molecular complexity index is 946. The van der Waals surface area contributed by atoms with Gasteiger partial charge in [-0.1, -0.05) is 29.8 Å². The smallest absolute Gasteiger partial charge is 0.255 e. The van der Waals surface area contributed by atoms with E-state index in [1.807, 2.05) is 25.1 Å². The maximum atomic E-state index is 12.9. The lowest BCUT2D eigenvalue weighted by molar-refractivity contribution is 0.0865. The average Bonchev–Trinajstić information content (AvgIpc) is 2.62. The van der Waals surface area contributed by atoms with Gasteiger partial charge in [0.25, 0.3) is 5.91 Å². The molecular formula is C19H21N3O3S.